The van der Waals surface area contributed by atoms with Gasteiger partial charge in [0.2, 0.25) is 0 Å². The molecule has 0 spiro atoms. The molecule has 0 aliphatic carbocycles. The zero-order valence-electron chi connectivity index (χ0n) is 16.6. The van der Waals surface area contributed by atoms with Crippen molar-refractivity contribution in [3.05, 3.63) is 42.4 Å². The number of furan rings is 1. The van der Waals surface area contributed by atoms with E-state index in [0.29, 0.717) is 25.7 Å². The Hall–Kier alpha value is -1.94. The number of guanidine groups is 1. The van der Waals surface area contributed by atoms with Crippen LogP contribution in [0.15, 0.2) is 46.0 Å². The summed E-state index contributed by atoms with van der Waals surface area (Å²) in [7, 11) is 4.04. The van der Waals surface area contributed by atoms with Gasteiger partial charge in [-0.1, -0.05) is 0 Å². The molecule has 8 heteroatoms. The number of anilines is 1. The fourth-order valence-corrected chi connectivity index (χ4v) is 2.85. The lowest BCUT2D eigenvalue weighted by atomic mass is 10.2. The van der Waals surface area contributed by atoms with Crippen LogP contribution in [-0.2, 0) is 0 Å². The molecule has 0 radical (unpaired) electrons. The van der Waals surface area contributed by atoms with Gasteiger partial charge in [0.15, 0.2) is 17.5 Å². The lowest BCUT2D eigenvalue weighted by molar-refractivity contribution is 0.265. The average molecular weight is 500 g/mol. The second kappa shape index (κ2) is 11.2. The van der Waals surface area contributed by atoms with Crippen LogP contribution in [0.3, 0.4) is 0 Å². The molecule has 1 atom stereocenters. The Morgan fingerprint density at radius 1 is 1.18 bits per heavy atom. The molecule has 7 nitrogen and oxygen atoms in total. The van der Waals surface area contributed by atoms with E-state index in [4.69, 9.17) is 18.9 Å². The smallest absolute Gasteiger partial charge is 0.195 e. The highest BCUT2D eigenvalue weighted by atomic mass is 127. The van der Waals surface area contributed by atoms with Gasteiger partial charge < -0.3 is 24.5 Å². The maximum Gasteiger partial charge on any atom is 0.195 e. The number of hydrogen-bond donors (Lipinski definition) is 2. The van der Waals surface area contributed by atoms with Crippen LogP contribution in [0.2, 0.25) is 0 Å². The van der Waals surface area contributed by atoms with E-state index < -0.39 is 0 Å². The van der Waals surface area contributed by atoms with Crippen molar-refractivity contribution >= 4 is 35.6 Å². The summed E-state index contributed by atoms with van der Waals surface area (Å²) >= 11 is 0. The number of halogens is 1. The van der Waals surface area contributed by atoms with E-state index in [1.54, 1.807) is 6.26 Å². The third-order valence-electron chi connectivity index (χ3n) is 4.27. The van der Waals surface area contributed by atoms with Crippen molar-refractivity contribution in [2.24, 2.45) is 4.99 Å². The predicted octanol–water partition coefficient (Wildman–Crippen LogP) is 3.74. The molecule has 154 valence electrons. The average Bonchev–Trinajstić information content (AvgIpc) is 3.07. The minimum absolute atomic E-state index is 0. The van der Waals surface area contributed by atoms with Crippen molar-refractivity contribution in [1.29, 1.82) is 0 Å². The standard InChI is InChI=1S/C20H28N4O3.HI/c1-4-21-20(22-14-16(24(2)3)17-7-5-10-25-17)23-15-8-9-18-19(13-15)27-12-6-11-26-18;/h5,7-10,13,16H,4,6,11-12,14H2,1-3H3,(H2,21,22,23);1H. The Balaban J connectivity index is 0.00000280. The van der Waals surface area contributed by atoms with Crippen molar-refractivity contribution in [2.75, 3.05) is 45.7 Å². The Bertz CT molecular complexity index is 750. The minimum Gasteiger partial charge on any atom is -0.490 e. The summed E-state index contributed by atoms with van der Waals surface area (Å²) in [5, 5.41) is 6.63. The van der Waals surface area contributed by atoms with Crippen LogP contribution < -0.4 is 20.1 Å². The maximum absolute atomic E-state index is 5.76. The summed E-state index contributed by atoms with van der Waals surface area (Å²) in [4.78, 5) is 6.83. The SMILES string of the molecule is CCNC(=NCC(c1ccco1)N(C)C)Nc1ccc2c(c1)OCCCO2.I. The van der Waals surface area contributed by atoms with Crippen LogP contribution in [0.25, 0.3) is 0 Å². The van der Waals surface area contributed by atoms with Gasteiger partial charge in [-0.3, -0.25) is 9.89 Å². The summed E-state index contributed by atoms with van der Waals surface area (Å²) in [6.45, 7) is 4.73. The van der Waals surface area contributed by atoms with Gasteiger partial charge in [0.05, 0.1) is 32.1 Å². The van der Waals surface area contributed by atoms with Crippen molar-refractivity contribution in [1.82, 2.24) is 10.2 Å². The van der Waals surface area contributed by atoms with E-state index in [-0.39, 0.29) is 30.0 Å². The number of ether oxygens (including phenoxy) is 2. The molecule has 2 aromatic rings. The highest BCUT2D eigenvalue weighted by Gasteiger charge is 2.17. The van der Waals surface area contributed by atoms with Crippen LogP contribution in [0.5, 0.6) is 11.5 Å². The molecule has 0 fully saturated rings. The summed E-state index contributed by atoms with van der Waals surface area (Å²) in [6, 6.07) is 9.79. The van der Waals surface area contributed by atoms with Crippen molar-refractivity contribution < 1.29 is 13.9 Å². The fourth-order valence-electron chi connectivity index (χ4n) is 2.85. The van der Waals surface area contributed by atoms with Crippen LogP contribution in [0.4, 0.5) is 5.69 Å². The largest absolute Gasteiger partial charge is 0.490 e. The topological polar surface area (TPSA) is 71.3 Å². The zero-order chi connectivity index (χ0) is 19.1. The molecule has 0 amide bonds. The van der Waals surface area contributed by atoms with Gasteiger partial charge >= 0.3 is 0 Å². The molecular formula is C20H29IN4O3. The molecule has 2 heterocycles. The predicted molar refractivity (Wildman–Crippen MR) is 122 cm³/mol. The maximum atomic E-state index is 5.76. The zero-order valence-corrected chi connectivity index (χ0v) is 18.9. The summed E-state index contributed by atoms with van der Waals surface area (Å²) < 4.78 is 17.0. The molecule has 1 aliphatic rings. The van der Waals surface area contributed by atoms with E-state index >= 15 is 0 Å². The molecule has 3 rings (SSSR count). The van der Waals surface area contributed by atoms with Crippen LogP contribution in [0.1, 0.15) is 25.1 Å². The Morgan fingerprint density at radius 2 is 1.96 bits per heavy atom. The summed E-state index contributed by atoms with van der Waals surface area (Å²) in [6.07, 6.45) is 2.58. The minimum atomic E-state index is 0. The number of aliphatic imine (C=N–C) groups is 1. The molecular weight excluding hydrogens is 471 g/mol. The van der Waals surface area contributed by atoms with Gasteiger partial charge in [0, 0.05) is 24.7 Å². The molecule has 2 N–H and O–H groups in total. The van der Waals surface area contributed by atoms with Gasteiger partial charge in [-0.25, -0.2) is 0 Å². The number of rotatable bonds is 6. The normalized spacial score (nSPS) is 14.8. The van der Waals surface area contributed by atoms with Crippen molar-refractivity contribution in [3.63, 3.8) is 0 Å². The lowest BCUT2D eigenvalue weighted by Crippen LogP contribution is -2.32. The monoisotopic (exact) mass is 500 g/mol. The van der Waals surface area contributed by atoms with E-state index in [0.717, 1.165) is 35.9 Å². The summed E-state index contributed by atoms with van der Waals surface area (Å²) in [5.41, 5.74) is 0.901. The van der Waals surface area contributed by atoms with Crippen molar-refractivity contribution in [2.45, 2.75) is 19.4 Å². The molecule has 0 saturated heterocycles. The molecule has 1 aliphatic heterocycles. The first-order valence-corrected chi connectivity index (χ1v) is 9.32. The van der Waals surface area contributed by atoms with Crippen LogP contribution in [0, 0.1) is 0 Å². The lowest BCUT2D eigenvalue weighted by Gasteiger charge is -2.21. The van der Waals surface area contributed by atoms with Crippen molar-refractivity contribution in [3.8, 4) is 11.5 Å². The van der Waals surface area contributed by atoms with E-state index in [1.165, 1.54) is 0 Å². The van der Waals surface area contributed by atoms with Gasteiger partial charge in [-0.2, -0.15) is 0 Å². The second-order valence-corrected chi connectivity index (χ2v) is 6.55. The Kier molecular flexibility index (Phi) is 8.91. The fraction of sp³-hybridized carbons (Fsp3) is 0.450. The highest BCUT2D eigenvalue weighted by Crippen LogP contribution is 2.32. The van der Waals surface area contributed by atoms with Gasteiger partial charge in [-0.05, 0) is 45.3 Å². The quantitative estimate of drug-likeness (QED) is 0.358. The number of nitrogens with zero attached hydrogens (tertiary/aromatic N) is 2. The number of hydrogen-bond acceptors (Lipinski definition) is 5. The number of fused-ring (bicyclic) bond motifs is 1. The first kappa shape index (κ1) is 22.4. The van der Waals surface area contributed by atoms with Gasteiger partial charge in [-0.15, -0.1) is 24.0 Å². The molecule has 1 aromatic carbocycles. The Labute approximate surface area is 183 Å². The first-order valence-electron chi connectivity index (χ1n) is 9.32. The van der Waals surface area contributed by atoms with E-state index in [2.05, 4.69) is 15.5 Å². The molecule has 28 heavy (non-hydrogen) atoms. The van der Waals surface area contributed by atoms with Crippen LogP contribution in [-0.4, -0.2) is 51.3 Å². The first-order chi connectivity index (χ1) is 13.2. The third kappa shape index (κ3) is 6.03. The number of nitrogens with one attached hydrogen (secondary N) is 2. The molecule has 1 unspecified atom stereocenters. The van der Waals surface area contributed by atoms with E-state index in [9.17, 15) is 0 Å². The van der Waals surface area contributed by atoms with E-state index in [1.807, 2.05) is 51.4 Å². The van der Waals surface area contributed by atoms with Crippen LogP contribution >= 0.6 is 24.0 Å². The highest BCUT2D eigenvalue weighted by molar-refractivity contribution is 14.0. The molecule has 1 aromatic heterocycles. The summed E-state index contributed by atoms with van der Waals surface area (Å²) in [5.74, 6) is 3.15. The molecule has 0 bridgehead atoms. The Morgan fingerprint density at radius 3 is 2.64 bits per heavy atom. The molecule has 0 saturated carbocycles. The number of benzene rings is 1. The third-order valence-corrected chi connectivity index (χ3v) is 4.27. The van der Waals surface area contributed by atoms with Gasteiger partial charge in [0.25, 0.3) is 0 Å². The van der Waals surface area contributed by atoms with Gasteiger partial charge in [0.1, 0.15) is 5.76 Å². The second-order valence-electron chi connectivity index (χ2n) is 6.55. The number of likely N-dealkylation sites (N-methyl/N-ethyl adjacent to an activating group) is 1.